The lowest BCUT2D eigenvalue weighted by atomic mass is 10.3. The van der Waals surface area contributed by atoms with E-state index in [9.17, 15) is 37.0 Å². The van der Waals surface area contributed by atoms with Crippen LogP contribution in [0.2, 0.25) is 0 Å². The van der Waals surface area contributed by atoms with E-state index in [1.807, 2.05) is 0 Å². The molecule has 2 unspecified atom stereocenters. The van der Waals surface area contributed by atoms with Crippen molar-refractivity contribution < 1.29 is 50.7 Å². The molecule has 2 rings (SSSR count). The van der Waals surface area contributed by atoms with E-state index in [1.54, 1.807) is 0 Å². The molecule has 0 radical (unpaired) electrons. The topological polar surface area (TPSA) is 194 Å². The average molecular weight is 494 g/mol. The summed E-state index contributed by atoms with van der Waals surface area (Å²) in [6.07, 6.45) is 1.92. The van der Waals surface area contributed by atoms with Crippen molar-refractivity contribution in [2.45, 2.75) is 24.7 Å². The molecule has 1 aliphatic heterocycles. The minimum atomic E-state index is -6.41. The number of hydrogen-bond donors (Lipinski definition) is 4. The third-order valence-electron chi connectivity index (χ3n) is 3.65. The van der Waals surface area contributed by atoms with Crippen molar-refractivity contribution >= 4 is 30.2 Å². The molecule has 1 aliphatic rings. The minimum Gasteiger partial charge on any atom is -0.344 e. The van der Waals surface area contributed by atoms with Crippen LogP contribution in [0.15, 0.2) is 27.9 Å². The van der Waals surface area contributed by atoms with Crippen LogP contribution in [0, 0.1) is 6.92 Å². The molecular weight excluding hydrogens is 478 g/mol. The molecule has 0 amide bonds. The first-order valence-electron chi connectivity index (χ1n) is 7.82. The number of nitrogens with zero attached hydrogens (tertiary/aromatic N) is 1. The summed E-state index contributed by atoms with van der Waals surface area (Å²) in [4.78, 5) is 51.5. The molecule has 0 aromatic carbocycles. The van der Waals surface area contributed by atoms with Crippen LogP contribution in [-0.2, 0) is 27.3 Å². The van der Waals surface area contributed by atoms with E-state index in [0.717, 1.165) is 4.57 Å². The summed E-state index contributed by atoms with van der Waals surface area (Å²) >= 11 is 0. The monoisotopic (exact) mass is 494 g/mol. The van der Waals surface area contributed by atoms with Crippen molar-refractivity contribution in [1.29, 1.82) is 0 Å². The van der Waals surface area contributed by atoms with Gasteiger partial charge in [-0.3, -0.25) is 28.0 Å². The number of ether oxygens (including phenoxy) is 1. The molecule has 4 atom stereocenters. The highest BCUT2D eigenvalue weighted by atomic mass is 31.3. The van der Waals surface area contributed by atoms with Gasteiger partial charge in [0.05, 0.1) is 6.61 Å². The summed E-state index contributed by atoms with van der Waals surface area (Å²) in [5.74, 6) is 0. The number of hydrogen-bond acceptors (Lipinski definition) is 8. The Kier molecular flexibility index (Phi) is 7.00. The molecule has 0 fully saturated rings. The van der Waals surface area contributed by atoms with Gasteiger partial charge >= 0.3 is 26.3 Å². The summed E-state index contributed by atoms with van der Waals surface area (Å²) in [5, 5.41) is -5.51. The molecule has 0 bridgehead atoms. The van der Waals surface area contributed by atoms with E-state index >= 15 is 0 Å². The average Bonchev–Trinajstić information content (AvgIpc) is 3.03. The maximum Gasteiger partial charge on any atom is 0.444 e. The van der Waals surface area contributed by atoms with Crippen LogP contribution in [-0.4, -0.2) is 49.9 Å². The van der Waals surface area contributed by atoms with Gasteiger partial charge in [-0.05, 0) is 13.0 Å². The predicted molar refractivity (Wildman–Crippen MR) is 99.1 cm³/mol. The normalized spacial score (nSPS) is 23.8. The Morgan fingerprint density at radius 3 is 2.43 bits per heavy atom. The highest BCUT2D eigenvalue weighted by Crippen LogP contribution is 2.77. The van der Waals surface area contributed by atoms with Crippen LogP contribution in [0.1, 0.15) is 11.8 Å². The van der Waals surface area contributed by atoms with Crippen molar-refractivity contribution in [3.8, 4) is 0 Å². The van der Waals surface area contributed by atoms with Gasteiger partial charge in [-0.2, -0.15) is 8.78 Å². The molecule has 1 aromatic heterocycles. The summed E-state index contributed by atoms with van der Waals surface area (Å²) < 4.78 is 76.3. The molecule has 2 heterocycles. The third-order valence-corrected chi connectivity index (χ3v) is 9.26. The summed E-state index contributed by atoms with van der Waals surface area (Å²) in [6.45, 7) is 0.790. The number of aromatic amines is 1. The summed E-state index contributed by atoms with van der Waals surface area (Å²) in [6, 6.07) is 0. The smallest absolute Gasteiger partial charge is 0.344 e. The SMILES string of the molecule is BP(=O)(OC[C@@H]1C=C[C@H](n2cc(C)c(=O)[nH]c2=O)O1)OP(=O)(O)C(F)(F)P(=O)(O)O. The Hall–Kier alpha value is -1.21. The minimum absolute atomic E-state index is 0.211. The zero-order chi connectivity index (χ0) is 23.1. The van der Waals surface area contributed by atoms with Gasteiger partial charge in [0.1, 0.15) is 6.10 Å². The fourth-order valence-electron chi connectivity index (χ4n) is 2.16. The zero-order valence-corrected chi connectivity index (χ0v) is 17.9. The van der Waals surface area contributed by atoms with Crippen LogP contribution < -0.4 is 11.2 Å². The quantitative estimate of drug-likeness (QED) is 0.216. The molecule has 0 aliphatic carbocycles. The molecule has 1 aromatic rings. The first-order valence-corrected chi connectivity index (χ1v) is 13.0. The van der Waals surface area contributed by atoms with Crippen LogP contribution in [0.4, 0.5) is 8.78 Å². The van der Waals surface area contributed by atoms with Crippen LogP contribution in [0.3, 0.4) is 0 Å². The molecule has 168 valence electrons. The van der Waals surface area contributed by atoms with Crippen molar-refractivity contribution in [2.75, 3.05) is 6.61 Å². The van der Waals surface area contributed by atoms with Crippen LogP contribution in [0.25, 0.3) is 0 Å². The summed E-state index contributed by atoms with van der Waals surface area (Å²) in [7, 11) is -17.0. The van der Waals surface area contributed by atoms with Gasteiger partial charge in [0.25, 0.3) is 20.6 Å². The Morgan fingerprint density at radius 2 is 1.87 bits per heavy atom. The lowest BCUT2D eigenvalue weighted by Gasteiger charge is -2.25. The van der Waals surface area contributed by atoms with Crippen LogP contribution in [0.5, 0.6) is 0 Å². The third kappa shape index (κ3) is 5.34. The van der Waals surface area contributed by atoms with Crippen molar-refractivity contribution in [2.24, 2.45) is 0 Å². The molecule has 19 heteroatoms. The first-order chi connectivity index (χ1) is 13.5. The first kappa shape index (κ1) is 25.1. The Morgan fingerprint density at radius 1 is 1.27 bits per heavy atom. The number of rotatable bonds is 8. The lowest BCUT2D eigenvalue weighted by molar-refractivity contribution is -0.00646. The van der Waals surface area contributed by atoms with Crippen molar-refractivity contribution in [3.63, 3.8) is 0 Å². The Balaban J connectivity index is 2.04. The van der Waals surface area contributed by atoms with Gasteiger partial charge in [-0.1, -0.05) is 6.08 Å². The highest BCUT2D eigenvalue weighted by Gasteiger charge is 2.66. The van der Waals surface area contributed by atoms with Gasteiger partial charge in [0.15, 0.2) is 6.23 Å². The number of H-pyrrole nitrogens is 1. The lowest BCUT2D eigenvalue weighted by Crippen LogP contribution is -2.33. The standard InChI is InChI=1S/C11H16BF2N2O11P3/c1-6-4-16(10(18)15-9(6)17)8-3-2-7(26-8)5-25-30(12,24)27-29(22,23)11(13,14)28(19,20)21/h2-4,7-8H,5,12H2,1H3,(H,22,23)(H,15,17,18)(H2,19,20,21)/t7-,8+,30?/m0/s1. The van der Waals surface area contributed by atoms with Gasteiger partial charge < -0.3 is 23.9 Å². The van der Waals surface area contributed by atoms with Crippen LogP contribution >= 0.6 is 22.7 Å². The Bertz CT molecular complexity index is 1110. The van der Waals surface area contributed by atoms with Gasteiger partial charge in [0.2, 0.25) is 0 Å². The number of alkyl halides is 2. The highest BCUT2D eigenvalue weighted by molar-refractivity contribution is 7.86. The molecule has 0 saturated carbocycles. The molecule has 0 saturated heterocycles. The molecule has 4 N–H and O–H groups in total. The van der Waals surface area contributed by atoms with Crippen molar-refractivity contribution in [1.82, 2.24) is 9.55 Å². The van der Waals surface area contributed by atoms with E-state index in [2.05, 4.69) is 9.29 Å². The number of aromatic nitrogens is 2. The fourth-order valence-corrected chi connectivity index (χ4v) is 6.42. The fraction of sp³-hybridized carbons (Fsp3) is 0.455. The number of nitrogens with one attached hydrogen (secondary N) is 1. The second kappa shape index (κ2) is 8.38. The second-order valence-corrected chi connectivity index (χ2v) is 12.2. The second-order valence-electron chi connectivity index (χ2n) is 6.15. The maximum absolute atomic E-state index is 13.4. The van der Waals surface area contributed by atoms with Gasteiger partial charge in [-0.15, -0.1) is 0 Å². The largest absolute Gasteiger partial charge is 0.444 e. The predicted octanol–water partition coefficient (Wildman–Crippen LogP) is -0.0136. The van der Waals surface area contributed by atoms with E-state index in [0.29, 0.717) is 7.57 Å². The van der Waals surface area contributed by atoms with Gasteiger partial charge in [-0.25, -0.2) is 9.11 Å². The van der Waals surface area contributed by atoms with E-state index in [1.165, 1.54) is 25.3 Å². The number of aryl methyl sites for hydroxylation is 1. The molecule has 0 spiro atoms. The van der Waals surface area contributed by atoms with Gasteiger partial charge in [0, 0.05) is 11.8 Å². The Labute approximate surface area is 167 Å². The van der Waals surface area contributed by atoms with E-state index < -0.39 is 58.3 Å². The summed E-state index contributed by atoms with van der Waals surface area (Å²) in [5.41, 5.74) is -1.17. The zero-order valence-electron chi connectivity index (χ0n) is 15.2. The molecule has 30 heavy (non-hydrogen) atoms. The molecular formula is C11H16BF2N2O11P3. The maximum atomic E-state index is 13.4. The molecule has 13 nitrogen and oxygen atoms in total. The van der Waals surface area contributed by atoms with E-state index in [-0.39, 0.29) is 5.56 Å². The number of halogens is 2. The van der Waals surface area contributed by atoms with E-state index in [4.69, 9.17) is 19.0 Å². The van der Waals surface area contributed by atoms with Crippen molar-refractivity contribution in [3.05, 3.63) is 44.8 Å².